The minimum Gasteiger partial charge on any atom is -0.495 e. The van der Waals surface area contributed by atoms with Crippen LogP contribution in [0.4, 0.5) is 5.69 Å². The third-order valence-electron chi connectivity index (χ3n) is 3.96. The van der Waals surface area contributed by atoms with Crippen molar-refractivity contribution in [3.63, 3.8) is 0 Å². The van der Waals surface area contributed by atoms with Crippen molar-refractivity contribution in [1.29, 1.82) is 0 Å². The number of methoxy groups -OCH3 is 1. The summed E-state index contributed by atoms with van der Waals surface area (Å²) in [5.41, 5.74) is 2.42. The lowest BCUT2D eigenvalue weighted by molar-refractivity contribution is -0.116. The molecule has 0 aliphatic carbocycles. The fraction of sp³-hybridized carbons (Fsp3) is 0.278. The van der Waals surface area contributed by atoms with Gasteiger partial charge in [-0.3, -0.25) is 4.79 Å². The first-order chi connectivity index (χ1) is 12.6. The second kappa shape index (κ2) is 8.60. The summed E-state index contributed by atoms with van der Waals surface area (Å²) in [6.45, 7) is 3.40. The summed E-state index contributed by atoms with van der Waals surface area (Å²) in [6, 6.07) is 7.91. The van der Waals surface area contributed by atoms with Crippen molar-refractivity contribution in [1.82, 2.24) is 4.31 Å². The molecular formula is C18H20BrClN2O4S. The number of likely N-dealkylation sites (N-methyl/N-ethyl adjacent to an activating group) is 1. The first kappa shape index (κ1) is 21.7. The number of sulfonamides is 1. The second-order valence-electron chi connectivity index (χ2n) is 6.02. The van der Waals surface area contributed by atoms with Gasteiger partial charge >= 0.3 is 0 Å². The number of ether oxygens (including phenoxy) is 1. The molecule has 0 aliphatic heterocycles. The Bertz CT molecular complexity index is 956. The van der Waals surface area contributed by atoms with E-state index in [1.54, 1.807) is 0 Å². The highest BCUT2D eigenvalue weighted by atomic mass is 79.9. The number of nitrogens with one attached hydrogen (secondary N) is 1. The van der Waals surface area contributed by atoms with Gasteiger partial charge in [-0.25, -0.2) is 8.42 Å². The maximum atomic E-state index is 12.7. The SMILES string of the molecule is COc1ccc(S(=O)(=O)N(C)CC(=O)Nc2c(C)cc(Br)cc2C)cc1Cl. The van der Waals surface area contributed by atoms with Crippen molar-refractivity contribution in [3.05, 3.63) is 51.0 Å². The summed E-state index contributed by atoms with van der Waals surface area (Å²) in [4.78, 5) is 12.4. The number of benzene rings is 2. The highest BCUT2D eigenvalue weighted by molar-refractivity contribution is 9.10. The van der Waals surface area contributed by atoms with Gasteiger partial charge in [0.05, 0.1) is 23.6 Å². The van der Waals surface area contributed by atoms with Crippen LogP contribution in [0.25, 0.3) is 0 Å². The van der Waals surface area contributed by atoms with Crippen molar-refractivity contribution in [2.24, 2.45) is 0 Å². The van der Waals surface area contributed by atoms with Gasteiger partial charge < -0.3 is 10.1 Å². The number of hydrogen-bond acceptors (Lipinski definition) is 4. The number of halogens is 2. The molecule has 146 valence electrons. The molecule has 0 aliphatic rings. The number of carbonyl (C=O) groups excluding carboxylic acids is 1. The zero-order chi connectivity index (χ0) is 20.4. The van der Waals surface area contributed by atoms with E-state index in [0.717, 1.165) is 19.9 Å². The summed E-state index contributed by atoms with van der Waals surface area (Å²) in [6.07, 6.45) is 0. The number of nitrogens with zero attached hydrogens (tertiary/aromatic N) is 1. The van der Waals surface area contributed by atoms with E-state index in [1.807, 2.05) is 26.0 Å². The van der Waals surface area contributed by atoms with E-state index in [9.17, 15) is 13.2 Å². The summed E-state index contributed by atoms with van der Waals surface area (Å²) in [5.74, 6) is -0.0635. The molecule has 1 N–H and O–H groups in total. The summed E-state index contributed by atoms with van der Waals surface area (Å²) in [5, 5.41) is 2.96. The average Bonchev–Trinajstić information content (AvgIpc) is 2.57. The Hall–Kier alpha value is -1.61. The molecule has 1 amide bonds. The first-order valence-corrected chi connectivity index (χ1v) is 10.5. The van der Waals surface area contributed by atoms with Crippen molar-refractivity contribution in [2.45, 2.75) is 18.7 Å². The Balaban J connectivity index is 2.17. The Morgan fingerprint density at radius 3 is 2.33 bits per heavy atom. The van der Waals surface area contributed by atoms with Gasteiger partial charge in [-0.2, -0.15) is 4.31 Å². The van der Waals surface area contributed by atoms with E-state index >= 15 is 0 Å². The molecule has 0 bridgehead atoms. The molecule has 2 aromatic carbocycles. The van der Waals surface area contributed by atoms with Crippen LogP contribution in [0.2, 0.25) is 5.02 Å². The predicted octanol–water partition coefficient (Wildman–Crippen LogP) is 3.99. The molecule has 2 rings (SSSR count). The van der Waals surface area contributed by atoms with Gasteiger partial charge in [0, 0.05) is 17.2 Å². The standard InChI is InChI=1S/C18H20BrClN2O4S/c1-11-7-13(19)8-12(2)18(11)21-17(23)10-22(3)27(24,25)14-5-6-16(26-4)15(20)9-14/h5-9H,10H2,1-4H3,(H,21,23). The topological polar surface area (TPSA) is 75.7 Å². The number of amides is 1. The number of aryl methyl sites for hydroxylation is 2. The van der Waals surface area contributed by atoms with Gasteiger partial charge in [-0.05, 0) is 55.3 Å². The summed E-state index contributed by atoms with van der Waals surface area (Å²) in [7, 11) is -1.09. The van der Waals surface area contributed by atoms with Crippen LogP contribution in [0.15, 0.2) is 39.7 Å². The van der Waals surface area contributed by atoms with E-state index in [-0.39, 0.29) is 16.5 Å². The third-order valence-corrected chi connectivity index (χ3v) is 6.51. The van der Waals surface area contributed by atoms with Gasteiger partial charge in [0.15, 0.2) is 0 Å². The molecule has 0 fully saturated rings. The maximum absolute atomic E-state index is 12.7. The van der Waals surface area contributed by atoms with Crippen LogP contribution in [-0.4, -0.2) is 39.3 Å². The van der Waals surface area contributed by atoms with Crippen LogP contribution in [0.3, 0.4) is 0 Å². The van der Waals surface area contributed by atoms with Crippen molar-refractivity contribution in [2.75, 3.05) is 26.0 Å². The van der Waals surface area contributed by atoms with Crippen LogP contribution in [0.1, 0.15) is 11.1 Å². The van der Waals surface area contributed by atoms with Crippen LogP contribution >= 0.6 is 27.5 Å². The van der Waals surface area contributed by atoms with Gasteiger partial charge in [-0.15, -0.1) is 0 Å². The molecule has 0 aromatic heterocycles. The minimum absolute atomic E-state index is 0.0143. The lowest BCUT2D eigenvalue weighted by atomic mass is 10.1. The van der Waals surface area contributed by atoms with Crippen LogP contribution in [-0.2, 0) is 14.8 Å². The zero-order valence-corrected chi connectivity index (χ0v) is 18.5. The monoisotopic (exact) mass is 474 g/mol. The van der Waals surface area contributed by atoms with Crippen molar-refractivity contribution < 1.29 is 17.9 Å². The second-order valence-corrected chi connectivity index (χ2v) is 9.39. The van der Waals surface area contributed by atoms with Crippen molar-refractivity contribution >= 4 is 49.1 Å². The summed E-state index contributed by atoms with van der Waals surface area (Å²) < 4.78 is 32.3. The average molecular weight is 476 g/mol. The Morgan fingerprint density at radius 1 is 1.22 bits per heavy atom. The molecule has 0 atom stereocenters. The number of rotatable bonds is 6. The maximum Gasteiger partial charge on any atom is 0.243 e. The van der Waals surface area contributed by atoms with E-state index < -0.39 is 15.9 Å². The molecule has 0 spiro atoms. The first-order valence-electron chi connectivity index (χ1n) is 7.92. The van der Waals surface area contributed by atoms with Gasteiger partial charge in [0.2, 0.25) is 15.9 Å². The van der Waals surface area contributed by atoms with E-state index in [2.05, 4.69) is 21.2 Å². The number of anilines is 1. The molecular weight excluding hydrogens is 456 g/mol. The Morgan fingerprint density at radius 2 is 1.81 bits per heavy atom. The Labute approximate surface area is 172 Å². The smallest absolute Gasteiger partial charge is 0.243 e. The molecule has 6 nitrogen and oxygen atoms in total. The lowest BCUT2D eigenvalue weighted by Crippen LogP contribution is -2.35. The van der Waals surface area contributed by atoms with Crippen molar-refractivity contribution in [3.8, 4) is 5.75 Å². The van der Waals surface area contributed by atoms with Crippen LogP contribution in [0.5, 0.6) is 5.75 Å². The predicted molar refractivity (Wildman–Crippen MR) is 110 cm³/mol. The van der Waals surface area contributed by atoms with Gasteiger partial charge in [0.25, 0.3) is 0 Å². The van der Waals surface area contributed by atoms with E-state index in [4.69, 9.17) is 16.3 Å². The normalized spacial score (nSPS) is 11.5. The van der Waals surface area contributed by atoms with Gasteiger partial charge in [-0.1, -0.05) is 27.5 Å². The largest absolute Gasteiger partial charge is 0.495 e. The highest BCUT2D eigenvalue weighted by Gasteiger charge is 2.24. The Kier molecular flexibility index (Phi) is 6.91. The number of carbonyl (C=O) groups is 1. The van der Waals surface area contributed by atoms with Crippen LogP contribution < -0.4 is 10.1 Å². The minimum atomic E-state index is -3.88. The quantitative estimate of drug-likeness (QED) is 0.685. The molecule has 2 aromatic rings. The fourth-order valence-corrected chi connectivity index (χ4v) is 4.72. The molecule has 0 saturated heterocycles. The van der Waals surface area contributed by atoms with Crippen LogP contribution in [0, 0.1) is 13.8 Å². The van der Waals surface area contributed by atoms with E-state index in [0.29, 0.717) is 11.4 Å². The molecule has 0 unspecified atom stereocenters. The lowest BCUT2D eigenvalue weighted by Gasteiger charge is -2.18. The molecule has 0 radical (unpaired) electrons. The molecule has 27 heavy (non-hydrogen) atoms. The summed E-state index contributed by atoms with van der Waals surface area (Å²) >= 11 is 9.41. The molecule has 0 heterocycles. The molecule has 0 saturated carbocycles. The van der Waals surface area contributed by atoms with Gasteiger partial charge in [0.1, 0.15) is 5.75 Å². The molecule has 9 heteroatoms. The van der Waals surface area contributed by atoms with E-state index in [1.165, 1.54) is 32.4 Å². The highest BCUT2D eigenvalue weighted by Crippen LogP contribution is 2.28. The zero-order valence-electron chi connectivity index (χ0n) is 15.3. The third kappa shape index (κ3) is 5.01. The number of hydrogen-bond donors (Lipinski definition) is 1. The fourth-order valence-electron chi connectivity index (χ4n) is 2.56.